The molecule has 0 aromatic carbocycles. The van der Waals surface area contributed by atoms with Crippen LogP contribution in [0.25, 0.3) is 0 Å². The molecular formula is C18H23N5O3. The summed E-state index contributed by atoms with van der Waals surface area (Å²) < 4.78 is 10.6. The monoisotopic (exact) mass is 357 g/mol. The van der Waals surface area contributed by atoms with Gasteiger partial charge in [-0.3, -0.25) is 9.78 Å². The van der Waals surface area contributed by atoms with Crippen molar-refractivity contribution in [2.45, 2.75) is 13.0 Å². The highest BCUT2D eigenvalue weighted by Gasteiger charge is 2.31. The molecule has 26 heavy (non-hydrogen) atoms. The number of hydrogen-bond donors (Lipinski definition) is 1. The number of morpholine rings is 1. The maximum atomic E-state index is 13.0. The minimum absolute atomic E-state index is 0.0872. The Morgan fingerprint density at radius 2 is 2.35 bits per heavy atom. The number of methoxy groups -OCH3 is 1. The first-order valence-electron chi connectivity index (χ1n) is 8.55. The van der Waals surface area contributed by atoms with E-state index in [1.54, 1.807) is 36.7 Å². The normalized spacial score (nSPS) is 17.2. The number of carbonyl (C=O) groups is 1. The van der Waals surface area contributed by atoms with Crippen molar-refractivity contribution in [1.29, 1.82) is 0 Å². The van der Waals surface area contributed by atoms with Crippen molar-refractivity contribution in [3.63, 3.8) is 0 Å². The van der Waals surface area contributed by atoms with Crippen molar-refractivity contribution in [3.05, 3.63) is 47.7 Å². The van der Waals surface area contributed by atoms with Crippen LogP contribution in [0.5, 0.6) is 0 Å². The lowest BCUT2D eigenvalue weighted by Gasteiger charge is -2.34. The summed E-state index contributed by atoms with van der Waals surface area (Å²) in [6, 6.07) is 3.30. The first-order valence-corrected chi connectivity index (χ1v) is 8.55. The summed E-state index contributed by atoms with van der Waals surface area (Å²) in [6.07, 6.45) is 5.00. The van der Waals surface area contributed by atoms with E-state index in [4.69, 9.17) is 9.47 Å². The van der Waals surface area contributed by atoms with Crippen LogP contribution in [0, 0.1) is 6.92 Å². The molecule has 0 unspecified atom stereocenters. The van der Waals surface area contributed by atoms with E-state index in [1.165, 1.54) is 0 Å². The molecule has 0 saturated carbocycles. The fraction of sp³-hybridized carbons (Fsp3) is 0.444. The van der Waals surface area contributed by atoms with Gasteiger partial charge in [-0.25, -0.2) is 9.97 Å². The predicted molar refractivity (Wildman–Crippen MR) is 96.0 cm³/mol. The fourth-order valence-electron chi connectivity index (χ4n) is 2.81. The zero-order valence-electron chi connectivity index (χ0n) is 15.0. The largest absolute Gasteiger partial charge is 0.383 e. The molecule has 8 nitrogen and oxygen atoms in total. The van der Waals surface area contributed by atoms with Crippen LogP contribution in [0.4, 0.5) is 5.82 Å². The number of nitrogens with one attached hydrogen (secondary N) is 1. The standard InChI is InChI=1S/C18H23N5O3/c1-13-9-14(11-19-10-13)18(24)23-6-8-26-12-15(23)17-21-4-3-16(22-17)20-5-7-25-2/h3-4,9-11,15H,5-8,12H2,1-2H3,(H,20,21,22)/t15-/m1/s1. The molecule has 0 bridgehead atoms. The van der Waals surface area contributed by atoms with E-state index in [-0.39, 0.29) is 11.9 Å². The van der Waals surface area contributed by atoms with E-state index in [0.29, 0.717) is 50.1 Å². The zero-order chi connectivity index (χ0) is 18.4. The second-order valence-corrected chi connectivity index (χ2v) is 6.06. The number of nitrogens with zero attached hydrogens (tertiary/aromatic N) is 4. The Labute approximate surface area is 152 Å². The molecule has 1 fully saturated rings. The van der Waals surface area contributed by atoms with Gasteiger partial charge in [0.15, 0.2) is 5.82 Å². The topological polar surface area (TPSA) is 89.5 Å². The van der Waals surface area contributed by atoms with E-state index in [2.05, 4.69) is 20.3 Å². The summed E-state index contributed by atoms with van der Waals surface area (Å²) in [6.45, 7) is 4.49. The van der Waals surface area contributed by atoms with Gasteiger partial charge in [-0.1, -0.05) is 0 Å². The molecule has 1 aliphatic rings. The van der Waals surface area contributed by atoms with E-state index in [1.807, 2.05) is 13.0 Å². The first-order chi connectivity index (χ1) is 12.7. The maximum absolute atomic E-state index is 13.0. The number of aromatic nitrogens is 3. The SMILES string of the molecule is COCCNc1ccnc([C@H]2COCCN2C(=O)c2cncc(C)c2)n1. The molecule has 8 heteroatoms. The summed E-state index contributed by atoms with van der Waals surface area (Å²) in [4.78, 5) is 27.8. The molecule has 1 atom stereocenters. The third-order valence-electron chi connectivity index (χ3n) is 4.10. The lowest BCUT2D eigenvalue weighted by atomic mass is 10.1. The summed E-state index contributed by atoms with van der Waals surface area (Å²) in [7, 11) is 1.65. The highest BCUT2D eigenvalue weighted by atomic mass is 16.5. The van der Waals surface area contributed by atoms with E-state index >= 15 is 0 Å². The van der Waals surface area contributed by atoms with Crippen molar-refractivity contribution in [2.75, 3.05) is 45.3 Å². The maximum Gasteiger partial charge on any atom is 0.256 e. The van der Waals surface area contributed by atoms with Crippen LogP contribution in [0.1, 0.15) is 27.8 Å². The van der Waals surface area contributed by atoms with Crippen molar-refractivity contribution in [2.24, 2.45) is 0 Å². The van der Waals surface area contributed by atoms with Crippen LogP contribution < -0.4 is 5.32 Å². The minimum atomic E-state index is -0.332. The van der Waals surface area contributed by atoms with Crippen LogP contribution in [0.2, 0.25) is 0 Å². The molecular weight excluding hydrogens is 334 g/mol. The van der Waals surface area contributed by atoms with Gasteiger partial charge in [0.25, 0.3) is 5.91 Å². The predicted octanol–water partition coefficient (Wildman–Crippen LogP) is 1.45. The Bertz CT molecular complexity index is 755. The summed E-state index contributed by atoms with van der Waals surface area (Å²) in [5, 5.41) is 3.18. The van der Waals surface area contributed by atoms with E-state index < -0.39 is 0 Å². The van der Waals surface area contributed by atoms with Gasteiger partial charge < -0.3 is 19.7 Å². The number of anilines is 1. The number of pyridine rings is 1. The highest BCUT2D eigenvalue weighted by molar-refractivity contribution is 5.94. The number of ether oxygens (including phenoxy) is 2. The molecule has 1 amide bonds. The molecule has 2 aromatic rings. The van der Waals surface area contributed by atoms with Crippen LogP contribution in [0.3, 0.4) is 0 Å². The molecule has 0 spiro atoms. The number of rotatable bonds is 6. The smallest absolute Gasteiger partial charge is 0.256 e. The molecule has 1 aliphatic heterocycles. The Morgan fingerprint density at radius 1 is 1.46 bits per heavy atom. The van der Waals surface area contributed by atoms with Gasteiger partial charge in [0, 0.05) is 38.8 Å². The number of amides is 1. The summed E-state index contributed by atoms with van der Waals surface area (Å²) in [5.74, 6) is 1.17. The van der Waals surface area contributed by atoms with Gasteiger partial charge in [0.05, 0.1) is 25.4 Å². The Kier molecular flexibility index (Phi) is 6.08. The molecule has 1 saturated heterocycles. The quantitative estimate of drug-likeness (QED) is 0.783. The average molecular weight is 357 g/mol. The Balaban J connectivity index is 1.80. The first kappa shape index (κ1) is 18.2. The third kappa shape index (κ3) is 4.33. The zero-order valence-corrected chi connectivity index (χ0v) is 15.0. The van der Waals surface area contributed by atoms with E-state index in [9.17, 15) is 4.79 Å². The lowest BCUT2D eigenvalue weighted by Crippen LogP contribution is -2.44. The number of hydrogen-bond acceptors (Lipinski definition) is 7. The van der Waals surface area contributed by atoms with Gasteiger partial charge in [-0.05, 0) is 24.6 Å². The summed E-state index contributed by atoms with van der Waals surface area (Å²) in [5.41, 5.74) is 1.51. The second-order valence-electron chi connectivity index (χ2n) is 6.06. The molecule has 1 N–H and O–H groups in total. The highest BCUT2D eigenvalue weighted by Crippen LogP contribution is 2.24. The molecule has 2 aromatic heterocycles. The van der Waals surface area contributed by atoms with Crippen molar-refractivity contribution in [1.82, 2.24) is 19.9 Å². The molecule has 0 aliphatic carbocycles. The van der Waals surface area contributed by atoms with Crippen LogP contribution in [-0.2, 0) is 9.47 Å². The minimum Gasteiger partial charge on any atom is -0.383 e. The van der Waals surface area contributed by atoms with Gasteiger partial charge in [-0.15, -0.1) is 0 Å². The Morgan fingerprint density at radius 3 is 3.15 bits per heavy atom. The van der Waals surface area contributed by atoms with Crippen molar-refractivity contribution < 1.29 is 14.3 Å². The van der Waals surface area contributed by atoms with Gasteiger partial charge in [0.2, 0.25) is 0 Å². The van der Waals surface area contributed by atoms with Crippen molar-refractivity contribution >= 4 is 11.7 Å². The van der Waals surface area contributed by atoms with Crippen LogP contribution >= 0.6 is 0 Å². The number of carbonyl (C=O) groups excluding carboxylic acids is 1. The van der Waals surface area contributed by atoms with E-state index in [0.717, 1.165) is 5.56 Å². The molecule has 0 radical (unpaired) electrons. The lowest BCUT2D eigenvalue weighted by molar-refractivity contribution is -0.00521. The molecule has 3 rings (SSSR count). The Hall–Kier alpha value is -2.58. The van der Waals surface area contributed by atoms with Gasteiger partial charge >= 0.3 is 0 Å². The summed E-state index contributed by atoms with van der Waals surface area (Å²) >= 11 is 0. The number of aryl methyl sites for hydroxylation is 1. The second kappa shape index (κ2) is 8.68. The van der Waals surface area contributed by atoms with Crippen LogP contribution in [-0.4, -0.2) is 65.8 Å². The van der Waals surface area contributed by atoms with Crippen LogP contribution in [0.15, 0.2) is 30.7 Å². The van der Waals surface area contributed by atoms with Crippen molar-refractivity contribution in [3.8, 4) is 0 Å². The fourth-order valence-corrected chi connectivity index (χ4v) is 2.81. The molecule has 3 heterocycles. The molecule has 138 valence electrons. The van der Waals surface area contributed by atoms with Gasteiger partial charge in [0.1, 0.15) is 11.9 Å². The van der Waals surface area contributed by atoms with Gasteiger partial charge in [-0.2, -0.15) is 0 Å². The third-order valence-corrected chi connectivity index (χ3v) is 4.10. The average Bonchev–Trinajstić information content (AvgIpc) is 2.68.